The SMILES string of the molecule is CC(=O)Nc1ccc(C(=O)CSc2nnc(SCC(C)C)s2)c(F)c1. The second-order valence-corrected chi connectivity index (χ2v) is 9.09. The third-order valence-electron chi connectivity index (χ3n) is 2.84. The van der Waals surface area contributed by atoms with Crippen LogP contribution in [0.15, 0.2) is 26.9 Å². The predicted molar refractivity (Wildman–Crippen MR) is 101 cm³/mol. The zero-order valence-corrected chi connectivity index (χ0v) is 16.5. The van der Waals surface area contributed by atoms with Gasteiger partial charge in [-0.2, -0.15) is 0 Å². The van der Waals surface area contributed by atoms with E-state index in [1.54, 1.807) is 11.8 Å². The van der Waals surface area contributed by atoms with Gasteiger partial charge >= 0.3 is 0 Å². The van der Waals surface area contributed by atoms with Crippen LogP contribution in [0.1, 0.15) is 31.1 Å². The van der Waals surface area contributed by atoms with Gasteiger partial charge in [0.2, 0.25) is 5.91 Å². The molecular formula is C16H18FN3O2S3. The number of benzene rings is 1. The van der Waals surface area contributed by atoms with Crippen LogP contribution in [0.3, 0.4) is 0 Å². The summed E-state index contributed by atoms with van der Waals surface area (Å²) in [6.45, 7) is 5.60. The summed E-state index contributed by atoms with van der Waals surface area (Å²) in [5.74, 6) is 0.335. The Kier molecular flexibility index (Phi) is 7.39. The first kappa shape index (κ1) is 19.9. The standard InChI is InChI=1S/C16H18FN3O2S3/c1-9(2)7-23-15-19-20-16(25-15)24-8-14(22)12-5-4-11(6-13(12)17)18-10(3)21/h4-6,9H,7-8H2,1-3H3,(H,18,21). The maximum atomic E-state index is 14.0. The highest BCUT2D eigenvalue weighted by molar-refractivity contribution is 8.03. The van der Waals surface area contributed by atoms with Crippen molar-refractivity contribution in [3.63, 3.8) is 0 Å². The maximum absolute atomic E-state index is 14.0. The highest BCUT2D eigenvalue weighted by Gasteiger charge is 2.15. The van der Waals surface area contributed by atoms with Gasteiger partial charge in [-0.15, -0.1) is 10.2 Å². The number of aromatic nitrogens is 2. The minimum atomic E-state index is -0.651. The molecule has 2 aromatic rings. The lowest BCUT2D eigenvalue weighted by Crippen LogP contribution is -2.09. The molecule has 134 valence electrons. The van der Waals surface area contributed by atoms with E-state index in [4.69, 9.17) is 0 Å². The Hall–Kier alpha value is -1.45. The number of thioether (sulfide) groups is 2. The van der Waals surface area contributed by atoms with E-state index >= 15 is 0 Å². The Morgan fingerprint density at radius 1 is 1.24 bits per heavy atom. The first-order valence-corrected chi connectivity index (χ1v) is 10.3. The van der Waals surface area contributed by atoms with Crippen LogP contribution < -0.4 is 5.32 Å². The van der Waals surface area contributed by atoms with Crippen molar-refractivity contribution in [2.24, 2.45) is 5.92 Å². The summed E-state index contributed by atoms with van der Waals surface area (Å²) in [7, 11) is 0. The van der Waals surface area contributed by atoms with Crippen molar-refractivity contribution in [3.05, 3.63) is 29.6 Å². The fourth-order valence-electron chi connectivity index (χ4n) is 1.78. The fraction of sp³-hybridized carbons (Fsp3) is 0.375. The van der Waals surface area contributed by atoms with Crippen LogP contribution in [-0.2, 0) is 4.79 Å². The van der Waals surface area contributed by atoms with E-state index in [0.717, 1.165) is 16.2 Å². The van der Waals surface area contributed by atoms with Gasteiger partial charge in [-0.25, -0.2) is 4.39 Å². The number of carbonyl (C=O) groups is 2. The Labute approximate surface area is 158 Å². The number of nitrogens with one attached hydrogen (secondary N) is 1. The lowest BCUT2D eigenvalue weighted by atomic mass is 10.1. The van der Waals surface area contributed by atoms with Crippen molar-refractivity contribution in [2.45, 2.75) is 29.5 Å². The van der Waals surface area contributed by atoms with Crippen molar-refractivity contribution in [2.75, 3.05) is 16.8 Å². The van der Waals surface area contributed by atoms with E-state index in [9.17, 15) is 14.0 Å². The molecule has 9 heteroatoms. The number of rotatable bonds is 8. The Balaban J connectivity index is 1.93. The summed E-state index contributed by atoms with van der Waals surface area (Å²) in [5, 5.41) is 10.6. The normalized spacial score (nSPS) is 10.9. The number of Topliss-reactive ketones (excluding diaryl/α,β-unsaturated/α-hetero) is 1. The first-order valence-electron chi connectivity index (χ1n) is 7.54. The van der Waals surface area contributed by atoms with Gasteiger partial charge in [-0.3, -0.25) is 9.59 Å². The molecule has 2 rings (SSSR count). The van der Waals surface area contributed by atoms with Crippen LogP contribution in [0.4, 0.5) is 10.1 Å². The lowest BCUT2D eigenvalue weighted by Gasteiger charge is -2.05. The number of ketones is 1. The average Bonchev–Trinajstić information content (AvgIpc) is 2.98. The Morgan fingerprint density at radius 3 is 2.52 bits per heavy atom. The van der Waals surface area contributed by atoms with Crippen LogP contribution in [0.2, 0.25) is 0 Å². The molecule has 0 saturated carbocycles. The smallest absolute Gasteiger partial charge is 0.221 e. The number of anilines is 1. The minimum Gasteiger partial charge on any atom is -0.326 e. The molecule has 0 fully saturated rings. The number of amides is 1. The van der Waals surface area contributed by atoms with Gasteiger partial charge in [0.05, 0.1) is 11.3 Å². The van der Waals surface area contributed by atoms with Crippen LogP contribution in [0.5, 0.6) is 0 Å². The van der Waals surface area contributed by atoms with Crippen LogP contribution >= 0.6 is 34.9 Å². The molecule has 0 aliphatic rings. The molecule has 0 saturated heterocycles. The molecule has 1 aromatic carbocycles. The molecule has 1 aromatic heterocycles. The van der Waals surface area contributed by atoms with E-state index in [2.05, 4.69) is 29.4 Å². The summed E-state index contributed by atoms with van der Waals surface area (Å²) < 4.78 is 15.6. The van der Waals surface area contributed by atoms with Crippen molar-refractivity contribution >= 4 is 52.2 Å². The quantitative estimate of drug-likeness (QED) is 0.525. The molecule has 0 aliphatic heterocycles. The van der Waals surface area contributed by atoms with E-state index in [1.807, 2.05) is 0 Å². The van der Waals surface area contributed by atoms with Crippen molar-refractivity contribution in [3.8, 4) is 0 Å². The van der Waals surface area contributed by atoms with Crippen LogP contribution in [0.25, 0.3) is 0 Å². The van der Waals surface area contributed by atoms with E-state index < -0.39 is 5.82 Å². The number of hydrogen-bond acceptors (Lipinski definition) is 7. The van der Waals surface area contributed by atoms with Crippen LogP contribution in [-0.4, -0.2) is 33.4 Å². The highest BCUT2D eigenvalue weighted by Crippen LogP contribution is 2.30. The molecule has 0 aliphatic carbocycles. The average molecular weight is 400 g/mol. The minimum absolute atomic E-state index is 0.000485. The Bertz CT molecular complexity index is 765. The van der Waals surface area contributed by atoms with Gasteiger partial charge in [0.25, 0.3) is 0 Å². The third kappa shape index (κ3) is 6.41. The topological polar surface area (TPSA) is 72.0 Å². The zero-order valence-electron chi connectivity index (χ0n) is 14.0. The molecule has 1 amide bonds. The third-order valence-corrected chi connectivity index (χ3v) is 6.46. The van der Waals surface area contributed by atoms with E-state index in [0.29, 0.717) is 15.9 Å². The molecule has 1 N–H and O–H groups in total. The van der Waals surface area contributed by atoms with Gasteiger partial charge in [0.1, 0.15) is 5.82 Å². The molecule has 25 heavy (non-hydrogen) atoms. The largest absolute Gasteiger partial charge is 0.326 e. The number of hydrogen-bond donors (Lipinski definition) is 1. The zero-order chi connectivity index (χ0) is 18.4. The summed E-state index contributed by atoms with van der Waals surface area (Å²) in [6.07, 6.45) is 0. The summed E-state index contributed by atoms with van der Waals surface area (Å²) >= 11 is 4.32. The first-order chi connectivity index (χ1) is 11.8. The number of carbonyl (C=O) groups excluding carboxylic acids is 2. The van der Waals surface area contributed by atoms with Gasteiger partial charge < -0.3 is 5.32 Å². The van der Waals surface area contributed by atoms with Crippen molar-refractivity contribution in [1.82, 2.24) is 10.2 Å². The fourth-order valence-corrected chi connectivity index (χ4v) is 4.66. The molecule has 0 radical (unpaired) electrons. The van der Waals surface area contributed by atoms with Gasteiger partial charge in [-0.05, 0) is 24.1 Å². The van der Waals surface area contributed by atoms with Gasteiger partial charge in [0, 0.05) is 18.4 Å². The second-order valence-electron chi connectivity index (χ2n) is 5.63. The molecular weight excluding hydrogens is 381 g/mol. The van der Waals surface area contributed by atoms with Gasteiger partial charge in [-0.1, -0.05) is 48.7 Å². The number of halogens is 1. The highest BCUT2D eigenvalue weighted by atomic mass is 32.2. The number of nitrogens with zero attached hydrogens (tertiary/aromatic N) is 2. The van der Waals surface area contributed by atoms with Gasteiger partial charge in [0.15, 0.2) is 14.5 Å². The van der Waals surface area contributed by atoms with Crippen LogP contribution in [0, 0.1) is 11.7 Å². The Morgan fingerprint density at radius 2 is 1.92 bits per heavy atom. The molecule has 0 unspecified atom stereocenters. The monoisotopic (exact) mass is 399 g/mol. The summed E-state index contributed by atoms with van der Waals surface area (Å²) in [6, 6.07) is 4.03. The summed E-state index contributed by atoms with van der Waals surface area (Å²) in [4.78, 5) is 23.2. The van der Waals surface area contributed by atoms with E-state index in [-0.39, 0.29) is 23.0 Å². The second kappa shape index (κ2) is 9.30. The summed E-state index contributed by atoms with van der Waals surface area (Å²) in [5.41, 5.74) is 0.325. The lowest BCUT2D eigenvalue weighted by molar-refractivity contribution is -0.114. The molecule has 0 atom stereocenters. The molecule has 0 bridgehead atoms. The molecule has 5 nitrogen and oxygen atoms in total. The molecule has 0 spiro atoms. The van der Waals surface area contributed by atoms with Crippen molar-refractivity contribution in [1.29, 1.82) is 0 Å². The predicted octanol–water partition coefficient (Wildman–Crippen LogP) is 4.36. The van der Waals surface area contributed by atoms with E-state index in [1.165, 1.54) is 42.2 Å². The molecule has 1 heterocycles. The van der Waals surface area contributed by atoms with Crippen molar-refractivity contribution < 1.29 is 14.0 Å². The maximum Gasteiger partial charge on any atom is 0.221 e.